The van der Waals surface area contributed by atoms with Crippen LogP contribution in [0.1, 0.15) is 43.2 Å². The third kappa shape index (κ3) is 4.64. The first kappa shape index (κ1) is 20.6. The van der Waals surface area contributed by atoms with E-state index in [0.29, 0.717) is 10.8 Å². The molecule has 2 aromatic rings. The summed E-state index contributed by atoms with van der Waals surface area (Å²) in [6, 6.07) is 5.47. The van der Waals surface area contributed by atoms with Gasteiger partial charge in [-0.25, -0.2) is 4.98 Å². The number of aromatic amines is 1. The largest absolute Gasteiger partial charge is 0.325 e. The molecule has 148 valence electrons. The van der Waals surface area contributed by atoms with Crippen molar-refractivity contribution in [3.63, 3.8) is 0 Å². The SMILES string of the molecule is CCCCSc1nc2c(c(=O)[nH]1)[C@H](C(=O)Nc1ccc(Br)cc1C)CC(=O)N2. The van der Waals surface area contributed by atoms with Gasteiger partial charge in [-0.2, -0.15) is 0 Å². The fourth-order valence-electron chi connectivity index (χ4n) is 2.94. The molecule has 7 nitrogen and oxygen atoms in total. The fraction of sp³-hybridized carbons (Fsp3) is 0.368. The first-order valence-corrected chi connectivity index (χ1v) is 10.8. The lowest BCUT2D eigenvalue weighted by Crippen LogP contribution is -2.36. The van der Waals surface area contributed by atoms with Crippen LogP contribution in [0.4, 0.5) is 11.5 Å². The number of H-pyrrole nitrogens is 1. The molecule has 1 aromatic heterocycles. The number of rotatable bonds is 6. The number of fused-ring (bicyclic) bond motifs is 1. The zero-order valence-electron chi connectivity index (χ0n) is 15.6. The third-order valence-electron chi connectivity index (χ3n) is 4.43. The number of aromatic nitrogens is 2. The number of carbonyl (C=O) groups is 2. The van der Waals surface area contributed by atoms with Crippen LogP contribution in [0.5, 0.6) is 0 Å². The Balaban J connectivity index is 1.88. The average molecular weight is 465 g/mol. The summed E-state index contributed by atoms with van der Waals surface area (Å²) >= 11 is 4.81. The van der Waals surface area contributed by atoms with Crippen molar-refractivity contribution in [2.75, 3.05) is 16.4 Å². The van der Waals surface area contributed by atoms with E-state index in [-0.39, 0.29) is 23.7 Å². The van der Waals surface area contributed by atoms with Gasteiger partial charge in [0.1, 0.15) is 5.82 Å². The number of aryl methyl sites for hydroxylation is 1. The topological polar surface area (TPSA) is 104 Å². The summed E-state index contributed by atoms with van der Waals surface area (Å²) in [6.45, 7) is 3.95. The Morgan fingerprint density at radius 1 is 1.39 bits per heavy atom. The molecule has 1 aliphatic rings. The number of carbonyl (C=O) groups excluding carboxylic acids is 2. The van der Waals surface area contributed by atoms with E-state index < -0.39 is 17.4 Å². The van der Waals surface area contributed by atoms with Crippen LogP contribution < -0.4 is 16.2 Å². The number of nitrogens with zero attached hydrogens (tertiary/aromatic N) is 1. The van der Waals surface area contributed by atoms with Crippen molar-refractivity contribution in [2.45, 2.75) is 44.2 Å². The van der Waals surface area contributed by atoms with Gasteiger partial charge < -0.3 is 15.6 Å². The van der Waals surface area contributed by atoms with Gasteiger partial charge in [0.2, 0.25) is 11.8 Å². The number of hydrogen-bond donors (Lipinski definition) is 3. The summed E-state index contributed by atoms with van der Waals surface area (Å²) in [6.07, 6.45) is 1.94. The molecule has 1 aliphatic heterocycles. The second kappa shape index (κ2) is 8.91. The summed E-state index contributed by atoms with van der Waals surface area (Å²) in [4.78, 5) is 44.8. The molecule has 28 heavy (non-hydrogen) atoms. The molecular weight excluding hydrogens is 444 g/mol. The van der Waals surface area contributed by atoms with Crippen LogP contribution in [0.3, 0.4) is 0 Å². The van der Waals surface area contributed by atoms with Crippen LogP contribution in [-0.2, 0) is 9.59 Å². The van der Waals surface area contributed by atoms with Crippen LogP contribution in [0.2, 0.25) is 0 Å². The highest BCUT2D eigenvalue weighted by atomic mass is 79.9. The minimum absolute atomic E-state index is 0.0957. The van der Waals surface area contributed by atoms with E-state index in [9.17, 15) is 14.4 Å². The Labute approximate surface area is 175 Å². The van der Waals surface area contributed by atoms with E-state index in [2.05, 4.69) is 43.5 Å². The number of unbranched alkanes of at least 4 members (excludes halogenated alkanes) is 1. The van der Waals surface area contributed by atoms with E-state index in [1.807, 2.05) is 19.1 Å². The molecule has 1 aromatic carbocycles. The van der Waals surface area contributed by atoms with Crippen molar-refractivity contribution in [3.8, 4) is 0 Å². The lowest BCUT2D eigenvalue weighted by molar-refractivity contribution is -0.123. The van der Waals surface area contributed by atoms with E-state index >= 15 is 0 Å². The van der Waals surface area contributed by atoms with Crippen LogP contribution >= 0.6 is 27.7 Å². The fourth-order valence-corrected chi connectivity index (χ4v) is 4.37. The Hall–Kier alpha value is -2.13. The molecular formula is C19H21BrN4O3S. The minimum atomic E-state index is -0.891. The predicted octanol–water partition coefficient (Wildman–Crippen LogP) is 3.80. The van der Waals surface area contributed by atoms with Crippen LogP contribution in [0, 0.1) is 6.92 Å². The van der Waals surface area contributed by atoms with E-state index in [0.717, 1.165) is 28.6 Å². The highest BCUT2D eigenvalue weighted by molar-refractivity contribution is 9.10. The quantitative estimate of drug-likeness (QED) is 0.342. The smallest absolute Gasteiger partial charge is 0.257 e. The van der Waals surface area contributed by atoms with Crippen LogP contribution in [0.25, 0.3) is 0 Å². The van der Waals surface area contributed by atoms with Crippen LogP contribution in [-0.4, -0.2) is 27.5 Å². The van der Waals surface area contributed by atoms with Gasteiger partial charge >= 0.3 is 0 Å². The summed E-state index contributed by atoms with van der Waals surface area (Å²) in [5.74, 6) is -0.633. The maximum atomic E-state index is 12.9. The van der Waals surface area contributed by atoms with Gasteiger partial charge in [0.25, 0.3) is 5.56 Å². The Morgan fingerprint density at radius 2 is 2.18 bits per heavy atom. The number of nitrogens with one attached hydrogen (secondary N) is 3. The molecule has 0 fully saturated rings. The second-order valence-electron chi connectivity index (χ2n) is 6.59. The Bertz CT molecular complexity index is 976. The van der Waals surface area contributed by atoms with Crippen molar-refractivity contribution < 1.29 is 9.59 Å². The van der Waals surface area contributed by atoms with Gasteiger partial charge in [-0.05, 0) is 37.1 Å². The lowest BCUT2D eigenvalue weighted by atomic mass is 9.92. The Morgan fingerprint density at radius 3 is 2.89 bits per heavy atom. The summed E-state index contributed by atoms with van der Waals surface area (Å²) in [7, 11) is 0. The zero-order chi connectivity index (χ0) is 20.3. The molecule has 3 N–H and O–H groups in total. The van der Waals surface area contributed by atoms with Crippen molar-refractivity contribution in [2.24, 2.45) is 0 Å². The van der Waals surface area contributed by atoms with Crippen molar-refractivity contribution in [1.82, 2.24) is 9.97 Å². The molecule has 0 saturated carbocycles. The summed E-state index contributed by atoms with van der Waals surface area (Å²) in [5.41, 5.74) is 1.32. The number of thioether (sulfide) groups is 1. The average Bonchev–Trinajstić information content (AvgIpc) is 2.63. The first-order chi connectivity index (χ1) is 13.4. The molecule has 3 rings (SSSR count). The summed E-state index contributed by atoms with van der Waals surface area (Å²) in [5, 5.41) is 5.90. The van der Waals surface area contributed by atoms with Crippen LogP contribution in [0.15, 0.2) is 32.6 Å². The number of anilines is 2. The normalized spacial score (nSPS) is 15.7. The van der Waals surface area contributed by atoms with Gasteiger partial charge in [-0.15, -0.1) is 0 Å². The van der Waals surface area contributed by atoms with Gasteiger partial charge in [-0.1, -0.05) is 41.0 Å². The molecule has 0 unspecified atom stereocenters. The first-order valence-electron chi connectivity index (χ1n) is 9.03. The van der Waals surface area contributed by atoms with Crippen molar-refractivity contribution >= 4 is 51.0 Å². The van der Waals surface area contributed by atoms with Gasteiger partial charge in [-0.3, -0.25) is 14.4 Å². The van der Waals surface area contributed by atoms with E-state index in [1.54, 1.807) is 6.07 Å². The van der Waals surface area contributed by atoms with Gasteiger partial charge in [0.15, 0.2) is 5.16 Å². The highest BCUT2D eigenvalue weighted by Crippen LogP contribution is 2.31. The predicted molar refractivity (Wildman–Crippen MR) is 114 cm³/mol. The molecule has 9 heteroatoms. The standard InChI is InChI=1S/C19H21BrN4O3S/c1-3-4-7-28-19-23-16-15(18(27)24-19)12(9-14(25)22-16)17(26)21-13-6-5-11(20)8-10(13)2/h5-6,8,12H,3-4,7,9H2,1-2H3,(H,21,26)(H2,22,23,24,25,27)/t12-/m1/s1. The molecule has 0 radical (unpaired) electrons. The number of halogens is 1. The third-order valence-corrected chi connectivity index (χ3v) is 5.88. The highest BCUT2D eigenvalue weighted by Gasteiger charge is 2.34. The number of hydrogen-bond acceptors (Lipinski definition) is 5. The maximum Gasteiger partial charge on any atom is 0.257 e. The second-order valence-corrected chi connectivity index (χ2v) is 8.59. The molecule has 0 saturated heterocycles. The van der Waals surface area contributed by atoms with E-state index in [4.69, 9.17) is 0 Å². The van der Waals surface area contributed by atoms with Gasteiger partial charge in [0, 0.05) is 22.3 Å². The number of amides is 2. The lowest BCUT2D eigenvalue weighted by Gasteiger charge is -2.23. The number of benzene rings is 1. The molecule has 0 spiro atoms. The maximum absolute atomic E-state index is 12.9. The van der Waals surface area contributed by atoms with Crippen molar-refractivity contribution in [1.29, 1.82) is 0 Å². The van der Waals surface area contributed by atoms with Crippen molar-refractivity contribution in [3.05, 3.63) is 44.2 Å². The van der Waals surface area contributed by atoms with Gasteiger partial charge in [0.05, 0.1) is 11.5 Å². The van der Waals surface area contributed by atoms with E-state index in [1.165, 1.54) is 11.8 Å². The molecule has 2 heterocycles. The monoisotopic (exact) mass is 464 g/mol. The summed E-state index contributed by atoms with van der Waals surface area (Å²) < 4.78 is 0.902. The molecule has 0 bridgehead atoms. The zero-order valence-corrected chi connectivity index (χ0v) is 18.0. The Kier molecular flexibility index (Phi) is 6.56. The molecule has 2 amide bonds. The molecule has 1 atom stereocenters. The minimum Gasteiger partial charge on any atom is -0.325 e. The molecule has 0 aliphatic carbocycles.